The van der Waals surface area contributed by atoms with Crippen molar-refractivity contribution in [2.45, 2.75) is 4.90 Å². The standard InChI is InChI=1S/C19H16BrN2S.HI/c1-21-10-9-13(15-5-3-4-6-16(15)21)11-19-22(2)17-12-14(20)7-8-18(17)23-19;/h3-12H,1-2H3;1H/q+1;/p-1. The summed E-state index contributed by atoms with van der Waals surface area (Å²) in [6.45, 7) is 0. The second-order valence-corrected chi connectivity index (χ2v) is 7.63. The van der Waals surface area contributed by atoms with Crippen LogP contribution in [0.5, 0.6) is 0 Å². The quantitative estimate of drug-likeness (QED) is 0.365. The number of nitrogens with zero attached hydrogens (tertiary/aromatic N) is 2. The van der Waals surface area contributed by atoms with Crippen molar-refractivity contribution in [2.24, 2.45) is 7.05 Å². The molecule has 2 heterocycles. The topological polar surface area (TPSA) is 7.12 Å². The molecule has 0 aliphatic carbocycles. The lowest BCUT2D eigenvalue weighted by Crippen LogP contribution is -3.00. The van der Waals surface area contributed by atoms with Gasteiger partial charge in [-0.15, -0.1) is 0 Å². The molecule has 0 amide bonds. The average molecular weight is 511 g/mol. The van der Waals surface area contributed by atoms with E-state index < -0.39 is 0 Å². The lowest BCUT2D eigenvalue weighted by molar-refractivity contribution is -0.644. The van der Waals surface area contributed by atoms with Crippen LogP contribution in [-0.4, -0.2) is 7.05 Å². The molecule has 1 aliphatic heterocycles. The van der Waals surface area contributed by atoms with E-state index >= 15 is 0 Å². The number of thioether (sulfide) groups is 1. The minimum atomic E-state index is 0. The predicted molar refractivity (Wildman–Crippen MR) is 102 cm³/mol. The Kier molecular flexibility index (Phi) is 5.22. The summed E-state index contributed by atoms with van der Waals surface area (Å²) in [5, 5.41) is 2.52. The van der Waals surface area contributed by atoms with E-state index in [-0.39, 0.29) is 24.0 Å². The lowest BCUT2D eigenvalue weighted by atomic mass is 10.1. The molecule has 1 aromatic heterocycles. The first-order chi connectivity index (χ1) is 11.1. The molecule has 3 aromatic rings. The van der Waals surface area contributed by atoms with E-state index in [4.69, 9.17) is 0 Å². The van der Waals surface area contributed by atoms with Crippen LogP contribution in [0, 0.1) is 0 Å². The Balaban J connectivity index is 0.00000169. The zero-order chi connectivity index (χ0) is 16.0. The number of benzene rings is 2. The van der Waals surface area contributed by atoms with E-state index in [0.717, 1.165) is 4.47 Å². The highest BCUT2D eigenvalue weighted by Gasteiger charge is 2.22. The predicted octanol–water partition coefficient (Wildman–Crippen LogP) is 1.97. The maximum atomic E-state index is 3.56. The second kappa shape index (κ2) is 7.06. The number of hydrogen-bond acceptors (Lipinski definition) is 2. The number of pyridine rings is 1. The molecule has 0 saturated heterocycles. The summed E-state index contributed by atoms with van der Waals surface area (Å²) >= 11 is 5.38. The van der Waals surface area contributed by atoms with Gasteiger partial charge in [-0.2, -0.15) is 0 Å². The normalized spacial score (nSPS) is 14.8. The van der Waals surface area contributed by atoms with Crippen molar-refractivity contribution in [3.8, 4) is 0 Å². The first-order valence-electron chi connectivity index (χ1n) is 7.44. The summed E-state index contributed by atoms with van der Waals surface area (Å²) in [6, 6.07) is 17.2. The molecule has 0 N–H and O–H groups in total. The highest BCUT2D eigenvalue weighted by molar-refractivity contribution is 9.10. The number of para-hydroxylation sites is 1. The smallest absolute Gasteiger partial charge is 0.212 e. The molecule has 122 valence electrons. The molecule has 0 spiro atoms. The van der Waals surface area contributed by atoms with Crippen LogP contribution in [-0.2, 0) is 7.05 Å². The molecule has 24 heavy (non-hydrogen) atoms. The number of anilines is 1. The molecule has 0 bridgehead atoms. The van der Waals surface area contributed by atoms with Crippen LogP contribution in [0.2, 0.25) is 0 Å². The number of aromatic nitrogens is 1. The van der Waals surface area contributed by atoms with E-state index in [2.05, 4.69) is 100 Å². The molecule has 2 aromatic carbocycles. The van der Waals surface area contributed by atoms with Crippen molar-refractivity contribution in [1.29, 1.82) is 0 Å². The number of halogens is 2. The van der Waals surface area contributed by atoms with Gasteiger partial charge in [-0.3, -0.25) is 0 Å². The van der Waals surface area contributed by atoms with E-state index in [1.807, 2.05) is 11.8 Å². The first kappa shape index (κ1) is 17.8. The van der Waals surface area contributed by atoms with E-state index in [1.165, 1.54) is 32.1 Å². The van der Waals surface area contributed by atoms with Crippen LogP contribution in [0.25, 0.3) is 17.0 Å². The molecule has 0 atom stereocenters. The largest absolute Gasteiger partial charge is 1.00 e. The Morgan fingerprint density at radius 3 is 2.75 bits per heavy atom. The van der Waals surface area contributed by atoms with Crippen molar-refractivity contribution in [3.63, 3.8) is 0 Å². The van der Waals surface area contributed by atoms with Crippen LogP contribution in [0.4, 0.5) is 5.69 Å². The second-order valence-electron chi connectivity index (χ2n) is 5.65. The van der Waals surface area contributed by atoms with E-state index in [9.17, 15) is 0 Å². The van der Waals surface area contributed by atoms with Crippen molar-refractivity contribution < 1.29 is 28.5 Å². The van der Waals surface area contributed by atoms with E-state index in [0.29, 0.717) is 0 Å². The summed E-state index contributed by atoms with van der Waals surface area (Å²) in [7, 11) is 4.21. The molecule has 0 radical (unpaired) electrons. The SMILES string of the molecule is CN1/C(=C/c2cc[n+](C)c3ccccc23)Sc2ccc(Br)cc21.[I-]. The Labute approximate surface area is 171 Å². The third-order valence-electron chi connectivity index (χ3n) is 4.18. The first-order valence-corrected chi connectivity index (χ1v) is 9.04. The van der Waals surface area contributed by atoms with Gasteiger partial charge in [0, 0.05) is 28.5 Å². The van der Waals surface area contributed by atoms with Crippen molar-refractivity contribution in [3.05, 3.63) is 69.8 Å². The molecular weight excluding hydrogens is 495 g/mol. The molecule has 4 rings (SSSR count). The van der Waals surface area contributed by atoms with Gasteiger partial charge in [0.2, 0.25) is 5.52 Å². The number of rotatable bonds is 1. The fourth-order valence-corrected chi connectivity index (χ4v) is 4.34. The fraction of sp³-hybridized carbons (Fsp3) is 0.105. The number of aryl methyl sites for hydroxylation is 1. The summed E-state index contributed by atoms with van der Waals surface area (Å²) in [5.74, 6) is 0. The zero-order valence-electron chi connectivity index (χ0n) is 13.3. The Morgan fingerprint density at radius 2 is 1.92 bits per heavy atom. The van der Waals surface area contributed by atoms with Crippen molar-refractivity contribution in [2.75, 3.05) is 11.9 Å². The van der Waals surface area contributed by atoms with Gasteiger partial charge in [0.1, 0.15) is 7.05 Å². The summed E-state index contributed by atoms with van der Waals surface area (Å²) in [4.78, 5) is 3.56. The van der Waals surface area contributed by atoms with Gasteiger partial charge in [0.05, 0.1) is 16.1 Å². The van der Waals surface area contributed by atoms with Crippen molar-refractivity contribution >= 4 is 50.4 Å². The van der Waals surface area contributed by atoms with Crippen LogP contribution in [0.3, 0.4) is 0 Å². The summed E-state index contributed by atoms with van der Waals surface area (Å²) < 4.78 is 3.27. The number of hydrogen-bond donors (Lipinski definition) is 0. The lowest BCUT2D eigenvalue weighted by Gasteiger charge is -2.14. The Morgan fingerprint density at radius 1 is 1.12 bits per heavy atom. The van der Waals surface area contributed by atoms with Gasteiger partial charge >= 0.3 is 0 Å². The van der Waals surface area contributed by atoms with Gasteiger partial charge in [0.25, 0.3) is 0 Å². The maximum Gasteiger partial charge on any atom is 0.212 e. The maximum absolute atomic E-state index is 3.56. The molecule has 0 saturated carbocycles. The highest BCUT2D eigenvalue weighted by Crippen LogP contribution is 2.46. The molecule has 0 fully saturated rings. The fourth-order valence-electron chi connectivity index (χ4n) is 2.91. The molecule has 1 aliphatic rings. The highest BCUT2D eigenvalue weighted by atomic mass is 127. The summed E-state index contributed by atoms with van der Waals surface area (Å²) in [5.41, 5.74) is 3.74. The third kappa shape index (κ3) is 3.09. The van der Waals surface area contributed by atoms with Gasteiger partial charge in [-0.1, -0.05) is 39.8 Å². The summed E-state index contributed by atoms with van der Waals surface area (Å²) in [6.07, 6.45) is 4.40. The Bertz CT molecular complexity index is 955. The van der Waals surface area contributed by atoms with Gasteiger partial charge in [-0.25, -0.2) is 4.57 Å². The molecule has 2 nitrogen and oxygen atoms in total. The molecule has 0 unspecified atom stereocenters. The van der Waals surface area contributed by atoms with Crippen molar-refractivity contribution in [1.82, 2.24) is 0 Å². The number of fused-ring (bicyclic) bond motifs is 2. The van der Waals surface area contributed by atoms with Gasteiger partial charge < -0.3 is 28.9 Å². The van der Waals surface area contributed by atoms with Crippen LogP contribution in [0.1, 0.15) is 5.56 Å². The average Bonchev–Trinajstić information content (AvgIpc) is 2.86. The monoisotopic (exact) mass is 510 g/mol. The van der Waals surface area contributed by atoms with Crippen LogP contribution in [0.15, 0.2) is 69.1 Å². The zero-order valence-corrected chi connectivity index (χ0v) is 17.9. The Hall–Kier alpha value is -1.05. The van der Waals surface area contributed by atoms with Gasteiger partial charge in [-0.05, 0) is 35.9 Å². The van der Waals surface area contributed by atoms with E-state index in [1.54, 1.807) is 0 Å². The minimum Gasteiger partial charge on any atom is -1.00 e. The van der Waals surface area contributed by atoms with Gasteiger partial charge in [0.15, 0.2) is 6.20 Å². The molecular formula is C19H16BrIN2S. The molecule has 5 heteroatoms. The van der Waals surface area contributed by atoms with Crippen LogP contribution < -0.4 is 33.4 Å². The van der Waals surface area contributed by atoms with Crippen LogP contribution >= 0.6 is 27.7 Å². The third-order valence-corrected chi connectivity index (χ3v) is 5.84. The minimum absolute atomic E-state index is 0.